The molecule has 1 atom stereocenters. The minimum absolute atomic E-state index is 0.00350. The average molecular weight is 338 g/mol. The summed E-state index contributed by atoms with van der Waals surface area (Å²) in [6.45, 7) is 3.29. The third kappa shape index (κ3) is 4.67. The summed E-state index contributed by atoms with van der Waals surface area (Å²) in [5.41, 5.74) is 5.70. The van der Waals surface area contributed by atoms with Crippen molar-refractivity contribution in [1.82, 2.24) is 10.4 Å². The Bertz CT molecular complexity index is 728. The van der Waals surface area contributed by atoms with E-state index < -0.39 is 0 Å². The molecule has 1 saturated heterocycles. The lowest BCUT2D eigenvalue weighted by atomic mass is 10.1. The molecule has 0 aliphatic carbocycles. The van der Waals surface area contributed by atoms with Crippen LogP contribution in [0.15, 0.2) is 54.6 Å². The van der Waals surface area contributed by atoms with Crippen LogP contribution in [0.25, 0.3) is 0 Å². The number of carbonyl (C=O) groups is 2. The predicted molar refractivity (Wildman–Crippen MR) is 94.1 cm³/mol. The number of hydrogen-bond donors (Lipinski definition) is 1. The molecular weight excluding hydrogens is 316 g/mol. The summed E-state index contributed by atoms with van der Waals surface area (Å²) in [7, 11) is 0. The van der Waals surface area contributed by atoms with Crippen LogP contribution in [-0.4, -0.2) is 23.3 Å². The largest absolute Gasteiger partial charge is 0.338 e. The van der Waals surface area contributed by atoms with Crippen molar-refractivity contribution >= 4 is 11.8 Å². The van der Waals surface area contributed by atoms with Gasteiger partial charge in [-0.25, -0.2) is 5.48 Å². The molecule has 5 heteroatoms. The number of aryl methyl sites for hydroxylation is 1. The highest BCUT2D eigenvalue weighted by molar-refractivity contribution is 5.88. The number of hydroxylamine groups is 1. The number of rotatable bonds is 6. The number of nitrogens with zero attached hydrogens (tertiary/aromatic N) is 1. The van der Waals surface area contributed by atoms with Gasteiger partial charge in [0.1, 0.15) is 0 Å². The number of carbonyl (C=O) groups excluding carboxylic acids is 2. The first-order chi connectivity index (χ1) is 12.1. The van der Waals surface area contributed by atoms with Crippen molar-refractivity contribution in [2.45, 2.75) is 26.5 Å². The molecule has 2 amide bonds. The zero-order valence-electron chi connectivity index (χ0n) is 14.3. The molecule has 2 aromatic carbocycles. The van der Waals surface area contributed by atoms with Crippen molar-refractivity contribution in [2.24, 2.45) is 5.92 Å². The van der Waals surface area contributed by atoms with Gasteiger partial charge in [0.05, 0.1) is 12.5 Å². The normalized spacial score (nSPS) is 16.9. The fraction of sp³-hybridized carbons (Fsp3) is 0.300. The second-order valence-electron chi connectivity index (χ2n) is 6.40. The van der Waals surface area contributed by atoms with Crippen molar-refractivity contribution in [2.75, 3.05) is 6.54 Å². The molecule has 0 spiro atoms. The zero-order chi connectivity index (χ0) is 17.6. The van der Waals surface area contributed by atoms with E-state index >= 15 is 0 Å². The van der Waals surface area contributed by atoms with Crippen molar-refractivity contribution in [3.8, 4) is 0 Å². The van der Waals surface area contributed by atoms with Crippen molar-refractivity contribution in [3.63, 3.8) is 0 Å². The molecule has 0 radical (unpaired) electrons. The smallest absolute Gasteiger partial charge is 0.248 e. The van der Waals surface area contributed by atoms with Gasteiger partial charge in [-0.1, -0.05) is 60.2 Å². The molecule has 0 saturated carbocycles. The van der Waals surface area contributed by atoms with Gasteiger partial charge >= 0.3 is 0 Å². The van der Waals surface area contributed by atoms with Gasteiger partial charge in [-0.2, -0.15) is 0 Å². The van der Waals surface area contributed by atoms with Gasteiger partial charge in [0.15, 0.2) is 0 Å². The SMILES string of the molecule is Cc1ccc(CN2C[C@H](C(=O)NOCc3ccccc3)CC2=O)cc1. The Morgan fingerprint density at radius 3 is 2.56 bits per heavy atom. The minimum atomic E-state index is -0.367. The van der Waals surface area contributed by atoms with Crippen LogP contribution in [-0.2, 0) is 27.6 Å². The van der Waals surface area contributed by atoms with Crippen LogP contribution in [0.4, 0.5) is 0 Å². The van der Waals surface area contributed by atoms with Gasteiger partial charge in [0.2, 0.25) is 11.8 Å². The Hall–Kier alpha value is -2.66. The maximum absolute atomic E-state index is 12.2. The Balaban J connectivity index is 1.47. The third-order valence-electron chi connectivity index (χ3n) is 4.33. The molecule has 5 nitrogen and oxygen atoms in total. The number of amides is 2. The summed E-state index contributed by atoms with van der Waals surface area (Å²) in [6, 6.07) is 17.7. The highest BCUT2D eigenvalue weighted by atomic mass is 16.6. The number of hydrogen-bond acceptors (Lipinski definition) is 3. The summed E-state index contributed by atoms with van der Waals surface area (Å²) in [5.74, 6) is -0.604. The summed E-state index contributed by atoms with van der Waals surface area (Å²) in [5, 5.41) is 0. The van der Waals surface area contributed by atoms with Gasteiger partial charge in [0, 0.05) is 19.5 Å². The molecule has 1 N–H and O–H groups in total. The summed E-state index contributed by atoms with van der Waals surface area (Å²) in [4.78, 5) is 31.4. The van der Waals surface area contributed by atoms with Crippen molar-refractivity contribution in [3.05, 3.63) is 71.3 Å². The van der Waals surface area contributed by atoms with Crippen LogP contribution in [0.5, 0.6) is 0 Å². The summed E-state index contributed by atoms with van der Waals surface area (Å²) >= 11 is 0. The van der Waals surface area contributed by atoms with Gasteiger partial charge < -0.3 is 4.90 Å². The topological polar surface area (TPSA) is 58.6 Å². The maximum Gasteiger partial charge on any atom is 0.248 e. The average Bonchev–Trinajstić information content (AvgIpc) is 2.99. The molecule has 1 fully saturated rings. The van der Waals surface area contributed by atoms with Crippen LogP contribution in [0.2, 0.25) is 0 Å². The zero-order valence-corrected chi connectivity index (χ0v) is 14.3. The number of nitrogens with one attached hydrogen (secondary N) is 1. The van der Waals surface area contributed by atoms with Gasteiger partial charge in [-0.05, 0) is 18.1 Å². The maximum atomic E-state index is 12.2. The lowest BCUT2D eigenvalue weighted by Crippen LogP contribution is -2.32. The molecular formula is C20H22N2O3. The second-order valence-corrected chi connectivity index (χ2v) is 6.40. The highest BCUT2D eigenvalue weighted by Gasteiger charge is 2.34. The number of likely N-dealkylation sites (tertiary alicyclic amines) is 1. The monoisotopic (exact) mass is 338 g/mol. The van der Waals surface area contributed by atoms with E-state index in [4.69, 9.17) is 4.84 Å². The Morgan fingerprint density at radius 1 is 1.12 bits per heavy atom. The fourth-order valence-electron chi connectivity index (χ4n) is 2.86. The van der Waals surface area contributed by atoms with E-state index in [-0.39, 0.29) is 24.2 Å². The van der Waals surface area contributed by atoms with E-state index in [1.165, 1.54) is 5.56 Å². The van der Waals surface area contributed by atoms with Crippen LogP contribution in [0.3, 0.4) is 0 Å². The van der Waals surface area contributed by atoms with Gasteiger partial charge in [-0.15, -0.1) is 0 Å². The Labute approximate surface area is 147 Å². The predicted octanol–water partition coefficient (Wildman–Crippen LogP) is 2.59. The Kier molecular flexibility index (Phi) is 5.46. The molecule has 1 heterocycles. The van der Waals surface area contributed by atoms with Crippen molar-refractivity contribution < 1.29 is 14.4 Å². The lowest BCUT2D eigenvalue weighted by molar-refractivity contribution is -0.138. The molecule has 130 valence electrons. The molecule has 3 rings (SSSR count). The van der Waals surface area contributed by atoms with E-state index in [2.05, 4.69) is 5.48 Å². The van der Waals surface area contributed by atoms with E-state index in [9.17, 15) is 9.59 Å². The molecule has 1 aliphatic rings. The summed E-state index contributed by atoms with van der Waals surface area (Å²) < 4.78 is 0. The van der Waals surface area contributed by atoms with E-state index in [1.54, 1.807) is 4.90 Å². The van der Waals surface area contributed by atoms with Crippen LogP contribution >= 0.6 is 0 Å². The Morgan fingerprint density at radius 2 is 1.84 bits per heavy atom. The van der Waals surface area contributed by atoms with E-state index in [0.717, 1.165) is 11.1 Å². The lowest BCUT2D eigenvalue weighted by Gasteiger charge is -2.16. The minimum Gasteiger partial charge on any atom is -0.338 e. The van der Waals surface area contributed by atoms with Crippen LogP contribution in [0.1, 0.15) is 23.1 Å². The van der Waals surface area contributed by atoms with Gasteiger partial charge in [0.25, 0.3) is 0 Å². The number of benzene rings is 2. The standard InChI is InChI=1S/C20H22N2O3/c1-15-7-9-16(10-8-15)12-22-13-18(11-19(22)23)20(24)21-25-14-17-5-3-2-4-6-17/h2-10,18H,11-14H2,1H3,(H,21,24)/t18-/m1/s1. The fourth-order valence-corrected chi connectivity index (χ4v) is 2.86. The molecule has 0 aromatic heterocycles. The van der Waals surface area contributed by atoms with Crippen molar-refractivity contribution in [1.29, 1.82) is 0 Å². The van der Waals surface area contributed by atoms with E-state index in [0.29, 0.717) is 19.7 Å². The summed E-state index contributed by atoms with van der Waals surface area (Å²) in [6.07, 6.45) is 0.229. The first kappa shape index (κ1) is 17.2. The molecule has 25 heavy (non-hydrogen) atoms. The quantitative estimate of drug-likeness (QED) is 0.824. The highest BCUT2D eigenvalue weighted by Crippen LogP contribution is 2.20. The van der Waals surface area contributed by atoms with Crippen LogP contribution < -0.4 is 5.48 Å². The van der Waals surface area contributed by atoms with Gasteiger partial charge in [-0.3, -0.25) is 14.4 Å². The molecule has 0 bridgehead atoms. The third-order valence-corrected chi connectivity index (χ3v) is 4.33. The first-order valence-electron chi connectivity index (χ1n) is 8.40. The second kappa shape index (κ2) is 7.94. The molecule has 1 aliphatic heterocycles. The van der Waals surface area contributed by atoms with E-state index in [1.807, 2.05) is 61.5 Å². The van der Waals surface area contributed by atoms with Crippen LogP contribution in [0, 0.1) is 12.8 Å². The molecule has 0 unspecified atom stereocenters. The first-order valence-corrected chi connectivity index (χ1v) is 8.40. The molecule has 2 aromatic rings.